The first-order valence-corrected chi connectivity index (χ1v) is 6.69. The first kappa shape index (κ1) is 15.6. The van der Waals surface area contributed by atoms with Crippen LogP contribution in [0.5, 0.6) is 5.88 Å². The summed E-state index contributed by atoms with van der Waals surface area (Å²) in [5.41, 5.74) is 0.0316. The van der Waals surface area contributed by atoms with Gasteiger partial charge >= 0.3 is 11.7 Å². The molecule has 0 unspecified atom stereocenters. The van der Waals surface area contributed by atoms with Crippen molar-refractivity contribution >= 4 is 5.97 Å². The van der Waals surface area contributed by atoms with Crippen LogP contribution >= 0.6 is 0 Å². The number of carbonyl (C=O) groups excluding carboxylic acids is 1. The third-order valence-electron chi connectivity index (χ3n) is 3.01. The Bertz CT molecular complexity index is 749. The van der Waals surface area contributed by atoms with Crippen molar-refractivity contribution in [2.24, 2.45) is 0 Å². The van der Waals surface area contributed by atoms with Crippen LogP contribution in [-0.2, 0) is 16.0 Å². The summed E-state index contributed by atoms with van der Waals surface area (Å²) >= 11 is 0. The Balaban J connectivity index is 2.22. The number of H-pyrrole nitrogens is 2. The quantitative estimate of drug-likeness (QED) is 0.761. The molecule has 0 saturated heterocycles. The second kappa shape index (κ2) is 7.26. The Hall–Kier alpha value is -2.83. The Morgan fingerprint density at radius 2 is 1.86 bits per heavy atom. The summed E-state index contributed by atoms with van der Waals surface area (Å²) in [6.07, 6.45) is 0.330. The highest BCUT2D eigenvalue weighted by atomic mass is 16.5. The van der Waals surface area contributed by atoms with Crippen molar-refractivity contribution in [3.63, 3.8) is 0 Å². The lowest BCUT2D eigenvalue weighted by Gasteiger charge is -2.09. The van der Waals surface area contributed by atoms with Gasteiger partial charge in [-0.05, 0) is 5.56 Å². The van der Waals surface area contributed by atoms with Gasteiger partial charge < -0.3 is 9.47 Å². The average Bonchev–Trinajstić information content (AvgIpc) is 2.51. The van der Waals surface area contributed by atoms with E-state index in [1.165, 1.54) is 7.11 Å². The zero-order chi connectivity index (χ0) is 15.9. The molecule has 0 bridgehead atoms. The van der Waals surface area contributed by atoms with E-state index in [-0.39, 0.29) is 18.9 Å². The summed E-state index contributed by atoms with van der Waals surface area (Å²) in [5.74, 6) is -0.363. The van der Waals surface area contributed by atoms with Crippen LogP contribution in [0, 0.1) is 0 Å². The average molecular weight is 304 g/mol. The fourth-order valence-corrected chi connectivity index (χ4v) is 1.91. The van der Waals surface area contributed by atoms with E-state index >= 15 is 0 Å². The predicted octanol–water partition coefficient (Wildman–Crippen LogP) is 0.596. The van der Waals surface area contributed by atoms with Crippen molar-refractivity contribution in [1.29, 1.82) is 0 Å². The van der Waals surface area contributed by atoms with Gasteiger partial charge in [-0.15, -0.1) is 0 Å². The fraction of sp³-hybridized carbons (Fsp3) is 0.267. The van der Waals surface area contributed by atoms with Crippen LogP contribution in [0.25, 0.3) is 0 Å². The van der Waals surface area contributed by atoms with Crippen molar-refractivity contribution in [3.8, 4) is 5.88 Å². The third kappa shape index (κ3) is 4.08. The number of esters is 1. The van der Waals surface area contributed by atoms with Crippen LogP contribution in [-0.4, -0.2) is 29.7 Å². The van der Waals surface area contributed by atoms with Crippen LogP contribution in [0.2, 0.25) is 0 Å². The van der Waals surface area contributed by atoms with Gasteiger partial charge in [0, 0.05) is 6.42 Å². The number of benzene rings is 1. The molecule has 116 valence electrons. The predicted molar refractivity (Wildman–Crippen MR) is 79.1 cm³/mol. The van der Waals surface area contributed by atoms with Gasteiger partial charge in [0.1, 0.15) is 6.61 Å². The molecule has 1 aromatic carbocycles. The third-order valence-corrected chi connectivity index (χ3v) is 3.01. The van der Waals surface area contributed by atoms with E-state index < -0.39 is 17.2 Å². The molecule has 0 radical (unpaired) electrons. The van der Waals surface area contributed by atoms with Gasteiger partial charge in [0.15, 0.2) is 0 Å². The lowest BCUT2D eigenvalue weighted by Crippen LogP contribution is -2.27. The first-order valence-electron chi connectivity index (χ1n) is 6.69. The number of rotatable bonds is 6. The lowest BCUT2D eigenvalue weighted by atomic mass is 10.1. The molecule has 7 heteroatoms. The smallest absolute Gasteiger partial charge is 0.328 e. The van der Waals surface area contributed by atoms with Crippen LogP contribution in [0.4, 0.5) is 0 Å². The molecule has 0 saturated carbocycles. The number of aromatic nitrogens is 2. The van der Waals surface area contributed by atoms with Gasteiger partial charge in [0.25, 0.3) is 5.56 Å². The molecule has 0 aliphatic rings. The highest BCUT2D eigenvalue weighted by Crippen LogP contribution is 2.14. The molecular formula is C15H16N2O5. The minimum absolute atomic E-state index is 0.00779. The minimum Gasteiger partial charge on any atom is -0.478 e. The van der Waals surface area contributed by atoms with Crippen molar-refractivity contribution in [2.45, 2.75) is 12.8 Å². The van der Waals surface area contributed by atoms with Gasteiger partial charge in [-0.2, -0.15) is 0 Å². The summed E-state index contributed by atoms with van der Waals surface area (Å²) in [5, 5.41) is 0. The molecule has 2 rings (SSSR count). The first-order chi connectivity index (χ1) is 10.6. The molecule has 0 fully saturated rings. The van der Waals surface area contributed by atoms with E-state index in [0.29, 0.717) is 12.0 Å². The van der Waals surface area contributed by atoms with Gasteiger partial charge in [-0.3, -0.25) is 19.6 Å². The summed E-state index contributed by atoms with van der Waals surface area (Å²) in [6, 6.07) is 9.31. The SMILES string of the molecule is COC(=O)CCOc1[nH]c(=O)[nH]c(=O)c1Cc1ccccc1. The van der Waals surface area contributed by atoms with Crippen molar-refractivity contribution < 1.29 is 14.3 Å². The van der Waals surface area contributed by atoms with Crippen LogP contribution in [0.1, 0.15) is 17.5 Å². The Labute approximate surface area is 125 Å². The number of carbonyl (C=O) groups is 1. The summed E-state index contributed by atoms with van der Waals surface area (Å²) < 4.78 is 9.87. The molecule has 0 amide bonds. The van der Waals surface area contributed by atoms with Gasteiger partial charge in [0.05, 0.1) is 19.1 Å². The van der Waals surface area contributed by atoms with Crippen molar-refractivity contribution in [2.75, 3.05) is 13.7 Å². The Morgan fingerprint density at radius 3 is 2.55 bits per heavy atom. The number of ether oxygens (including phenoxy) is 2. The minimum atomic E-state index is -0.658. The zero-order valence-electron chi connectivity index (χ0n) is 12.0. The highest BCUT2D eigenvalue weighted by molar-refractivity contribution is 5.69. The summed E-state index contributed by atoms with van der Waals surface area (Å²) in [4.78, 5) is 39.0. The second-order valence-electron chi connectivity index (χ2n) is 4.55. The van der Waals surface area contributed by atoms with Crippen LogP contribution in [0.3, 0.4) is 0 Å². The van der Waals surface area contributed by atoms with E-state index in [4.69, 9.17) is 4.74 Å². The summed E-state index contributed by atoms with van der Waals surface area (Å²) in [6.45, 7) is 0.00779. The Kier molecular flexibility index (Phi) is 5.13. The zero-order valence-corrected chi connectivity index (χ0v) is 12.0. The Morgan fingerprint density at radius 1 is 1.14 bits per heavy atom. The standard InChI is InChI=1S/C15H16N2O5/c1-21-12(18)7-8-22-14-11(13(19)16-15(20)17-14)9-10-5-3-2-4-6-10/h2-6H,7-9H2,1H3,(H2,16,17,19,20). The molecule has 1 heterocycles. The van der Waals surface area contributed by atoms with Gasteiger partial charge in [0.2, 0.25) is 5.88 Å². The maximum Gasteiger partial charge on any atom is 0.328 e. The highest BCUT2D eigenvalue weighted by Gasteiger charge is 2.12. The van der Waals surface area contributed by atoms with Gasteiger partial charge in [-0.25, -0.2) is 4.79 Å². The molecule has 22 heavy (non-hydrogen) atoms. The van der Waals surface area contributed by atoms with Crippen LogP contribution in [0.15, 0.2) is 39.9 Å². The topological polar surface area (TPSA) is 101 Å². The van der Waals surface area contributed by atoms with Crippen LogP contribution < -0.4 is 16.0 Å². The number of nitrogens with one attached hydrogen (secondary N) is 2. The number of hydrogen-bond acceptors (Lipinski definition) is 5. The molecule has 1 aromatic heterocycles. The van der Waals surface area contributed by atoms with E-state index in [9.17, 15) is 14.4 Å². The number of aromatic amines is 2. The number of hydrogen-bond donors (Lipinski definition) is 2. The van der Waals surface area contributed by atoms with Crippen molar-refractivity contribution in [1.82, 2.24) is 9.97 Å². The van der Waals surface area contributed by atoms with E-state index in [1.54, 1.807) is 0 Å². The molecule has 0 spiro atoms. The number of methoxy groups -OCH3 is 1. The molecule has 2 N–H and O–H groups in total. The fourth-order valence-electron chi connectivity index (χ4n) is 1.91. The molecule has 0 aliphatic carbocycles. The van der Waals surface area contributed by atoms with E-state index in [1.807, 2.05) is 30.3 Å². The largest absolute Gasteiger partial charge is 0.478 e. The molecular weight excluding hydrogens is 288 g/mol. The molecule has 7 nitrogen and oxygen atoms in total. The lowest BCUT2D eigenvalue weighted by molar-refractivity contribution is -0.141. The normalized spacial score (nSPS) is 10.2. The second-order valence-corrected chi connectivity index (χ2v) is 4.55. The molecule has 0 aliphatic heterocycles. The maximum atomic E-state index is 12.0. The van der Waals surface area contributed by atoms with Gasteiger partial charge in [-0.1, -0.05) is 30.3 Å². The molecule has 2 aromatic rings. The summed E-state index contributed by atoms with van der Waals surface area (Å²) in [7, 11) is 1.28. The van der Waals surface area contributed by atoms with E-state index in [2.05, 4.69) is 14.7 Å². The molecule has 0 atom stereocenters. The maximum absolute atomic E-state index is 12.0. The monoisotopic (exact) mass is 304 g/mol. The van der Waals surface area contributed by atoms with E-state index in [0.717, 1.165) is 5.56 Å². The van der Waals surface area contributed by atoms with Crippen molar-refractivity contribution in [3.05, 3.63) is 62.3 Å².